The first-order chi connectivity index (χ1) is 6.06. The maximum atomic E-state index is 11.4. The van der Waals surface area contributed by atoms with Crippen LogP contribution >= 0.6 is 24.0 Å². The van der Waals surface area contributed by atoms with E-state index in [0.717, 1.165) is 16.7 Å². The second-order valence-electron chi connectivity index (χ2n) is 2.31. The van der Waals surface area contributed by atoms with Gasteiger partial charge < -0.3 is 5.11 Å². The minimum Gasteiger partial charge on any atom is -0.480 e. The third kappa shape index (κ3) is 4.47. The number of hydrogen-bond donors (Lipinski definition) is 1. The maximum Gasteiger partial charge on any atom is 0.323 e. The van der Waals surface area contributed by atoms with Gasteiger partial charge in [0.25, 0.3) is 5.91 Å². The van der Waals surface area contributed by atoms with Crippen molar-refractivity contribution < 1.29 is 56.8 Å². The van der Waals surface area contributed by atoms with Crippen LogP contribution in [0.5, 0.6) is 0 Å². The average molecular weight is 585 g/mol. The SMILES string of the molecule is C/C=C1\SC(=S)N(CC(=O)O)C1=O.[W].[W]. The number of carbonyl (C=O) groups is 2. The third-order valence-corrected chi connectivity index (χ3v) is 2.92. The molecule has 1 amide bonds. The van der Waals surface area contributed by atoms with Crippen LogP contribution in [0.4, 0.5) is 0 Å². The number of thioether (sulfide) groups is 1. The van der Waals surface area contributed by atoms with E-state index in [4.69, 9.17) is 17.3 Å². The van der Waals surface area contributed by atoms with Crippen LogP contribution in [0.3, 0.4) is 0 Å². The molecule has 0 saturated carbocycles. The molecule has 82 valence electrons. The van der Waals surface area contributed by atoms with Crippen LogP contribution in [0.2, 0.25) is 0 Å². The van der Waals surface area contributed by atoms with Gasteiger partial charge in [-0.2, -0.15) is 0 Å². The molecule has 4 nitrogen and oxygen atoms in total. The Bertz CT molecular complexity index is 319. The Morgan fingerprint density at radius 1 is 1.60 bits per heavy atom. The predicted molar refractivity (Wildman–Crippen MR) is 53.3 cm³/mol. The number of hydrogen-bond acceptors (Lipinski definition) is 4. The van der Waals surface area contributed by atoms with Gasteiger partial charge >= 0.3 is 5.97 Å². The Hall–Kier alpha value is 0.497. The van der Waals surface area contributed by atoms with E-state index in [9.17, 15) is 9.59 Å². The number of amides is 1. The first-order valence-electron chi connectivity index (χ1n) is 3.48. The summed E-state index contributed by atoms with van der Waals surface area (Å²) in [5.74, 6) is -1.38. The molecule has 0 aromatic carbocycles. The summed E-state index contributed by atoms with van der Waals surface area (Å²) in [7, 11) is 0. The Kier molecular flexibility index (Phi) is 9.20. The van der Waals surface area contributed by atoms with E-state index in [1.807, 2.05) is 0 Å². The molecule has 1 rings (SSSR count). The molecule has 0 bridgehead atoms. The number of nitrogens with zero attached hydrogens (tertiary/aromatic N) is 1. The van der Waals surface area contributed by atoms with E-state index < -0.39 is 5.97 Å². The summed E-state index contributed by atoms with van der Waals surface area (Å²) in [5, 5.41) is 8.49. The van der Waals surface area contributed by atoms with Crippen molar-refractivity contribution >= 4 is 40.2 Å². The average Bonchev–Trinajstić information content (AvgIpc) is 2.31. The molecule has 1 N–H and O–H groups in total. The Balaban J connectivity index is 0. The van der Waals surface area contributed by atoms with Crippen LogP contribution in [0.25, 0.3) is 0 Å². The monoisotopic (exact) mass is 585 g/mol. The molecule has 0 aromatic heterocycles. The molecule has 0 aliphatic carbocycles. The molecule has 0 aromatic rings. The predicted octanol–water partition coefficient (Wildman–Crippen LogP) is 0.830. The minimum atomic E-state index is -1.06. The van der Waals surface area contributed by atoms with Gasteiger partial charge in [-0.1, -0.05) is 30.1 Å². The quantitative estimate of drug-likeness (QED) is 0.385. The molecular weight excluding hydrogens is 578 g/mol. The van der Waals surface area contributed by atoms with Crippen molar-refractivity contribution in [3.05, 3.63) is 11.0 Å². The summed E-state index contributed by atoms with van der Waals surface area (Å²) in [6.07, 6.45) is 1.63. The molecule has 1 saturated heterocycles. The smallest absolute Gasteiger partial charge is 0.323 e. The molecule has 1 heterocycles. The normalized spacial score (nSPS) is 17.4. The molecule has 8 heteroatoms. The zero-order valence-electron chi connectivity index (χ0n) is 7.63. The number of allylic oxidation sites excluding steroid dienone is 1. The number of carboxylic acids is 1. The Morgan fingerprint density at radius 3 is 2.47 bits per heavy atom. The molecule has 1 aliphatic heterocycles. The fourth-order valence-electron chi connectivity index (χ4n) is 0.863. The topological polar surface area (TPSA) is 57.6 Å². The van der Waals surface area contributed by atoms with E-state index in [2.05, 4.69) is 0 Å². The molecular formula is C7H7NO3S2W2. The number of carboxylic acid groups (broad SMARTS) is 1. The molecule has 0 atom stereocenters. The van der Waals surface area contributed by atoms with Gasteiger partial charge in [-0.15, -0.1) is 0 Å². The summed E-state index contributed by atoms with van der Waals surface area (Å²) in [5.41, 5.74) is 0. The largest absolute Gasteiger partial charge is 0.480 e. The van der Waals surface area contributed by atoms with Crippen molar-refractivity contribution in [3.8, 4) is 0 Å². The van der Waals surface area contributed by atoms with Gasteiger partial charge in [-0.05, 0) is 6.92 Å². The van der Waals surface area contributed by atoms with Gasteiger partial charge in [-0.25, -0.2) is 0 Å². The van der Waals surface area contributed by atoms with Gasteiger partial charge in [-0.3, -0.25) is 14.5 Å². The van der Waals surface area contributed by atoms with Crippen LogP contribution in [0, 0.1) is 0 Å². The Labute approximate surface area is 125 Å². The van der Waals surface area contributed by atoms with Crippen LogP contribution in [0.15, 0.2) is 11.0 Å². The van der Waals surface area contributed by atoms with Gasteiger partial charge in [0.05, 0.1) is 4.91 Å². The molecule has 1 aliphatic rings. The Morgan fingerprint density at radius 2 is 2.13 bits per heavy atom. The molecule has 0 unspecified atom stereocenters. The van der Waals surface area contributed by atoms with E-state index in [0.29, 0.717) is 9.23 Å². The third-order valence-electron chi connectivity index (χ3n) is 1.43. The second-order valence-corrected chi connectivity index (χ2v) is 3.98. The first-order valence-corrected chi connectivity index (χ1v) is 4.70. The van der Waals surface area contributed by atoms with Crippen LogP contribution in [-0.4, -0.2) is 32.7 Å². The van der Waals surface area contributed by atoms with E-state index in [1.165, 1.54) is 0 Å². The first kappa shape index (κ1) is 17.9. The van der Waals surface area contributed by atoms with Crippen LogP contribution in [-0.2, 0) is 51.7 Å². The van der Waals surface area contributed by atoms with Crippen LogP contribution in [0.1, 0.15) is 6.92 Å². The zero-order valence-corrected chi connectivity index (χ0v) is 15.1. The zero-order chi connectivity index (χ0) is 10.0. The summed E-state index contributed by atoms with van der Waals surface area (Å²) < 4.78 is 0.306. The van der Waals surface area contributed by atoms with E-state index in [1.54, 1.807) is 13.0 Å². The van der Waals surface area contributed by atoms with E-state index in [-0.39, 0.29) is 54.6 Å². The van der Waals surface area contributed by atoms with Crippen molar-refractivity contribution in [1.29, 1.82) is 0 Å². The second kappa shape index (κ2) is 7.72. The fraction of sp³-hybridized carbons (Fsp3) is 0.286. The van der Waals surface area contributed by atoms with E-state index >= 15 is 0 Å². The molecule has 15 heavy (non-hydrogen) atoms. The van der Waals surface area contributed by atoms with Crippen molar-refractivity contribution in [2.24, 2.45) is 0 Å². The number of rotatable bonds is 2. The van der Waals surface area contributed by atoms with Crippen molar-refractivity contribution in [2.45, 2.75) is 6.92 Å². The summed E-state index contributed by atoms with van der Waals surface area (Å²) in [6.45, 7) is 1.36. The van der Waals surface area contributed by atoms with Gasteiger partial charge in [0.2, 0.25) is 0 Å². The van der Waals surface area contributed by atoms with Crippen molar-refractivity contribution in [1.82, 2.24) is 4.90 Å². The summed E-state index contributed by atoms with van der Waals surface area (Å²) >= 11 is 5.97. The van der Waals surface area contributed by atoms with Gasteiger partial charge in [0.1, 0.15) is 10.9 Å². The minimum absolute atomic E-state index is 0. The summed E-state index contributed by atoms with van der Waals surface area (Å²) in [6, 6.07) is 0. The standard InChI is InChI=1S/C7H7NO3S2.2W/c1-2-4-6(11)8(3-5(9)10)7(12)13-4;;/h2H,3H2,1H3,(H,9,10);;/b4-2-;;. The number of thiocarbonyl (C=S) groups is 1. The van der Waals surface area contributed by atoms with Crippen molar-refractivity contribution in [3.63, 3.8) is 0 Å². The molecule has 0 radical (unpaired) electrons. The van der Waals surface area contributed by atoms with Gasteiger partial charge in [0, 0.05) is 42.1 Å². The maximum absolute atomic E-state index is 11.4. The molecule has 0 spiro atoms. The number of carbonyl (C=O) groups excluding carboxylic acids is 1. The fourth-order valence-corrected chi connectivity index (χ4v) is 2.04. The summed E-state index contributed by atoms with van der Waals surface area (Å²) in [4.78, 5) is 23.3. The molecule has 1 fully saturated rings. The van der Waals surface area contributed by atoms with Gasteiger partial charge in [0.15, 0.2) is 0 Å². The number of aliphatic carboxylic acids is 1. The van der Waals surface area contributed by atoms with Crippen LogP contribution < -0.4 is 0 Å². The van der Waals surface area contributed by atoms with Crippen molar-refractivity contribution in [2.75, 3.05) is 6.54 Å².